The summed E-state index contributed by atoms with van der Waals surface area (Å²) in [5.74, 6) is 0. The minimum atomic E-state index is 0.722. The number of hydrogen-bond acceptors (Lipinski definition) is 0. The van der Waals surface area contributed by atoms with Crippen molar-refractivity contribution in [2.45, 2.75) is 34.6 Å². The Hall–Kier alpha value is -0.346. The van der Waals surface area contributed by atoms with Gasteiger partial charge in [0, 0.05) is 9.76 Å². The second-order valence-corrected chi connectivity index (χ2v) is 5.12. The Kier molecular flexibility index (Phi) is 3.14. The molecule has 0 fully saturated rings. The van der Waals surface area contributed by atoms with E-state index in [1.165, 1.54) is 33.0 Å². The topological polar surface area (TPSA) is 0 Å². The molecular formula is C11H15Si2. The average Bonchev–Trinajstić information content (AvgIpc) is 2.13. The Labute approximate surface area is 86.8 Å². The third-order valence-electron chi connectivity index (χ3n) is 3.12. The molecule has 0 aliphatic carbocycles. The van der Waals surface area contributed by atoms with Gasteiger partial charge in [0.2, 0.25) is 0 Å². The third kappa shape index (κ3) is 1.65. The zero-order valence-electron chi connectivity index (χ0n) is 9.00. The molecule has 0 bridgehead atoms. The van der Waals surface area contributed by atoms with E-state index in [1.54, 1.807) is 0 Å². The molecule has 0 unspecified atom stereocenters. The summed E-state index contributed by atoms with van der Waals surface area (Å²) in [5, 5.41) is 1.48. The molecule has 0 saturated carbocycles. The summed E-state index contributed by atoms with van der Waals surface area (Å²) in [7, 11) is 4.35. The van der Waals surface area contributed by atoms with Crippen molar-refractivity contribution in [2.75, 3.05) is 0 Å². The smallest absolute Gasteiger partial charge is 0.0611 e. The first-order valence-corrected chi connectivity index (χ1v) is 7.00. The van der Waals surface area contributed by atoms with E-state index in [0.717, 1.165) is 9.04 Å². The molecule has 0 heterocycles. The molecule has 2 heteroatoms. The molecular weight excluding hydrogens is 188 g/mol. The lowest BCUT2D eigenvalue weighted by Crippen LogP contribution is -2.24. The largest absolute Gasteiger partial charge is 0.0619 e. The van der Waals surface area contributed by atoms with Crippen molar-refractivity contribution in [1.82, 2.24) is 0 Å². The Morgan fingerprint density at radius 1 is 0.692 bits per heavy atom. The molecule has 0 nitrogen and oxygen atoms in total. The van der Waals surface area contributed by atoms with Gasteiger partial charge in [-0.05, 0) is 62.4 Å². The number of hydrogen-bond donors (Lipinski definition) is 0. The van der Waals surface area contributed by atoms with Crippen LogP contribution in [0.3, 0.4) is 0 Å². The summed E-state index contributed by atoms with van der Waals surface area (Å²) >= 11 is 0. The van der Waals surface area contributed by atoms with E-state index in [2.05, 4.69) is 44.4 Å². The van der Waals surface area contributed by atoms with Gasteiger partial charge in [0.15, 0.2) is 0 Å². The third-order valence-corrected chi connectivity index (χ3v) is 4.88. The van der Waals surface area contributed by atoms with Crippen molar-refractivity contribution < 1.29 is 0 Å². The molecule has 0 atom stereocenters. The lowest BCUT2D eigenvalue weighted by Gasteiger charge is -2.17. The van der Waals surface area contributed by atoms with Gasteiger partial charge >= 0.3 is 0 Å². The van der Waals surface area contributed by atoms with Gasteiger partial charge < -0.3 is 0 Å². The van der Waals surface area contributed by atoms with Gasteiger partial charge in [-0.15, -0.1) is 0 Å². The summed E-state index contributed by atoms with van der Waals surface area (Å²) in [4.78, 5) is 0. The molecule has 0 N–H and O–H groups in total. The molecule has 0 aromatic heterocycles. The molecule has 1 rings (SSSR count). The van der Waals surface area contributed by atoms with Gasteiger partial charge in [-0.25, -0.2) is 0 Å². The fourth-order valence-electron chi connectivity index (χ4n) is 1.69. The van der Waals surface area contributed by atoms with Gasteiger partial charge in [-0.3, -0.25) is 0 Å². The summed E-state index contributed by atoms with van der Waals surface area (Å²) in [6.07, 6.45) is 0. The molecule has 0 aliphatic rings. The van der Waals surface area contributed by atoms with Crippen LogP contribution in [0.2, 0.25) is 0 Å². The van der Waals surface area contributed by atoms with Gasteiger partial charge in [-0.2, -0.15) is 0 Å². The van der Waals surface area contributed by atoms with E-state index in [0.29, 0.717) is 0 Å². The van der Waals surface area contributed by atoms with Gasteiger partial charge in [0.25, 0.3) is 0 Å². The summed E-state index contributed by atoms with van der Waals surface area (Å²) < 4.78 is 0. The Balaban J connectivity index is 3.56. The fourth-order valence-corrected chi connectivity index (χ4v) is 3.56. The molecule has 0 saturated heterocycles. The lowest BCUT2D eigenvalue weighted by atomic mass is 9.95. The molecule has 1 aromatic carbocycles. The van der Waals surface area contributed by atoms with Crippen LogP contribution in [0.5, 0.6) is 0 Å². The normalized spacial score (nSPS) is 10.6. The van der Waals surface area contributed by atoms with Crippen molar-refractivity contribution in [2.24, 2.45) is 0 Å². The molecule has 67 valence electrons. The van der Waals surface area contributed by atoms with Crippen molar-refractivity contribution in [3.63, 3.8) is 0 Å². The number of rotatable bonds is 1. The molecule has 5 radical (unpaired) electrons. The van der Waals surface area contributed by atoms with E-state index in [4.69, 9.17) is 0 Å². The van der Waals surface area contributed by atoms with E-state index in [1.807, 2.05) is 0 Å². The standard InChI is InChI=1S/C11H15Si2/c1-6-7(2)9(4)11(13-12)10(5)8(6)3/h1-5H3. The lowest BCUT2D eigenvalue weighted by molar-refractivity contribution is 1.20. The maximum atomic E-state index is 3.63. The highest BCUT2D eigenvalue weighted by Crippen LogP contribution is 2.18. The monoisotopic (exact) mass is 203 g/mol. The quantitative estimate of drug-likeness (QED) is 0.609. The molecule has 0 amide bonds. The van der Waals surface area contributed by atoms with Crippen LogP contribution in [0.1, 0.15) is 27.8 Å². The highest BCUT2D eigenvalue weighted by molar-refractivity contribution is 6.98. The zero-order valence-corrected chi connectivity index (χ0v) is 11.0. The van der Waals surface area contributed by atoms with Crippen LogP contribution < -0.4 is 5.19 Å². The zero-order chi connectivity index (χ0) is 10.2. The van der Waals surface area contributed by atoms with Crippen molar-refractivity contribution in [3.05, 3.63) is 27.8 Å². The summed E-state index contributed by atoms with van der Waals surface area (Å²) in [5.41, 5.74) is 7.25. The van der Waals surface area contributed by atoms with Crippen LogP contribution >= 0.6 is 0 Å². The summed E-state index contributed by atoms with van der Waals surface area (Å²) in [6, 6.07) is 0. The van der Waals surface area contributed by atoms with E-state index >= 15 is 0 Å². The van der Waals surface area contributed by atoms with Crippen molar-refractivity contribution in [3.8, 4) is 0 Å². The van der Waals surface area contributed by atoms with Crippen molar-refractivity contribution >= 4 is 24.0 Å². The Morgan fingerprint density at radius 2 is 1.00 bits per heavy atom. The second kappa shape index (κ2) is 3.80. The minimum Gasteiger partial charge on any atom is -0.0619 e. The van der Waals surface area contributed by atoms with E-state index < -0.39 is 0 Å². The first kappa shape index (κ1) is 10.7. The molecule has 0 spiro atoms. The van der Waals surface area contributed by atoms with Crippen LogP contribution in [-0.4, -0.2) is 18.8 Å². The number of benzene rings is 1. The Morgan fingerprint density at radius 3 is 1.31 bits per heavy atom. The van der Waals surface area contributed by atoms with Crippen LogP contribution in [0.15, 0.2) is 0 Å². The maximum Gasteiger partial charge on any atom is 0.0611 e. The summed E-state index contributed by atoms with van der Waals surface area (Å²) in [6.45, 7) is 11.1. The molecule has 13 heavy (non-hydrogen) atoms. The van der Waals surface area contributed by atoms with Crippen LogP contribution in [-0.2, 0) is 0 Å². The maximum absolute atomic E-state index is 3.63. The van der Waals surface area contributed by atoms with Crippen LogP contribution in [0.4, 0.5) is 0 Å². The first-order chi connectivity index (χ1) is 6.00. The highest BCUT2D eigenvalue weighted by atomic mass is 29.1. The minimum absolute atomic E-state index is 0.722. The average molecular weight is 203 g/mol. The SMILES string of the molecule is Cc1c(C)c(C)c([Si][Si])c(C)c1C. The van der Waals surface area contributed by atoms with Crippen LogP contribution in [0.25, 0.3) is 0 Å². The first-order valence-electron chi connectivity index (χ1n) is 4.50. The second-order valence-electron chi connectivity index (χ2n) is 3.62. The van der Waals surface area contributed by atoms with Gasteiger partial charge in [0.05, 0.1) is 9.04 Å². The van der Waals surface area contributed by atoms with Gasteiger partial charge in [-0.1, -0.05) is 5.19 Å². The Bertz CT molecular complexity index is 311. The van der Waals surface area contributed by atoms with Crippen LogP contribution in [0, 0.1) is 34.6 Å². The highest BCUT2D eigenvalue weighted by Gasteiger charge is 2.09. The van der Waals surface area contributed by atoms with Gasteiger partial charge in [0.1, 0.15) is 0 Å². The van der Waals surface area contributed by atoms with Crippen molar-refractivity contribution in [1.29, 1.82) is 0 Å². The predicted octanol–water partition coefficient (Wildman–Crippen LogP) is 1.64. The van der Waals surface area contributed by atoms with E-state index in [-0.39, 0.29) is 0 Å². The molecule has 0 aliphatic heterocycles. The predicted molar refractivity (Wildman–Crippen MR) is 61.3 cm³/mol. The fraction of sp³-hybridized carbons (Fsp3) is 0.455. The molecule has 1 aromatic rings. The van der Waals surface area contributed by atoms with E-state index in [9.17, 15) is 0 Å².